The summed E-state index contributed by atoms with van der Waals surface area (Å²) >= 11 is 0. The molecule has 1 atom stereocenters. The second kappa shape index (κ2) is 10.4. The summed E-state index contributed by atoms with van der Waals surface area (Å²) in [6.45, 7) is 1.10. The Labute approximate surface area is 201 Å². The van der Waals surface area contributed by atoms with Crippen LogP contribution in [0.3, 0.4) is 0 Å². The van der Waals surface area contributed by atoms with Crippen LogP contribution in [0.15, 0.2) is 114 Å². The van der Waals surface area contributed by atoms with Crippen molar-refractivity contribution < 1.29 is 9.47 Å². The molecule has 0 aromatic heterocycles. The van der Waals surface area contributed by atoms with Gasteiger partial charge < -0.3 is 9.47 Å². The van der Waals surface area contributed by atoms with Crippen LogP contribution in [-0.4, -0.2) is 26.0 Å². The Morgan fingerprint density at radius 2 is 1.41 bits per heavy atom. The molecule has 1 heterocycles. The van der Waals surface area contributed by atoms with E-state index in [-0.39, 0.29) is 6.04 Å². The average Bonchev–Trinajstić information content (AvgIpc) is 3.36. The first-order valence-electron chi connectivity index (χ1n) is 11.6. The molecule has 170 valence electrons. The third-order valence-electron chi connectivity index (χ3n) is 6.06. The molecule has 1 unspecified atom stereocenters. The van der Waals surface area contributed by atoms with E-state index in [0.717, 1.165) is 29.1 Å². The third kappa shape index (κ3) is 4.87. The van der Waals surface area contributed by atoms with Crippen molar-refractivity contribution in [3.05, 3.63) is 120 Å². The lowest BCUT2D eigenvalue weighted by molar-refractivity contribution is 0.146. The zero-order valence-corrected chi connectivity index (χ0v) is 19.3. The van der Waals surface area contributed by atoms with Gasteiger partial charge in [-0.2, -0.15) is 5.10 Å². The van der Waals surface area contributed by atoms with Crippen LogP contribution in [0, 0.1) is 0 Å². The Morgan fingerprint density at radius 3 is 2.15 bits per heavy atom. The predicted octanol–water partition coefficient (Wildman–Crippen LogP) is 6.73. The van der Waals surface area contributed by atoms with Crippen LogP contribution in [-0.2, 0) is 4.74 Å². The number of hydrogen-bond donors (Lipinski definition) is 0. The van der Waals surface area contributed by atoms with Gasteiger partial charge in [-0.05, 0) is 46.5 Å². The van der Waals surface area contributed by atoms with E-state index in [1.807, 2.05) is 24.3 Å². The van der Waals surface area contributed by atoms with Gasteiger partial charge >= 0.3 is 0 Å². The summed E-state index contributed by atoms with van der Waals surface area (Å²) in [4.78, 5) is 0. The Balaban J connectivity index is 1.43. The molecular weight excluding hydrogens is 420 g/mol. The average molecular weight is 449 g/mol. The van der Waals surface area contributed by atoms with Crippen molar-refractivity contribution in [2.75, 3.05) is 25.3 Å². The van der Waals surface area contributed by atoms with Crippen LogP contribution in [0.1, 0.15) is 23.6 Å². The molecule has 0 fully saturated rings. The molecule has 0 amide bonds. The quantitative estimate of drug-likeness (QED) is 0.280. The molecule has 0 radical (unpaired) electrons. The topological polar surface area (TPSA) is 34.1 Å². The Hall–Kier alpha value is -3.89. The predicted molar refractivity (Wildman–Crippen MR) is 139 cm³/mol. The zero-order chi connectivity index (χ0) is 23.2. The van der Waals surface area contributed by atoms with Crippen molar-refractivity contribution in [2.45, 2.75) is 12.5 Å². The Bertz CT molecular complexity index is 1240. The molecule has 5 rings (SSSR count). The molecule has 0 saturated heterocycles. The summed E-state index contributed by atoms with van der Waals surface area (Å²) in [7, 11) is 1.68. The van der Waals surface area contributed by atoms with E-state index in [9.17, 15) is 0 Å². The lowest BCUT2D eigenvalue weighted by Crippen LogP contribution is -2.18. The number of benzene rings is 4. The van der Waals surface area contributed by atoms with Crippen LogP contribution in [0.2, 0.25) is 0 Å². The molecule has 4 nitrogen and oxygen atoms in total. The van der Waals surface area contributed by atoms with Crippen LogP contribution < -0.4 is 9.75 Å². The van der Waals surface area contributed by atoms with E-state index < -0.39 is 0 Å². The second-order valence-corrected chi connectivity index (χ2v) is 8.30. The maximum atomic E-state index is 5.87. The number of methoxy groups -OCH3 is 1. The summed E-state index contributed by atoms with van der Waals surface area (Å²) in [5.74, 6) is 0.850. The van der Waals surface area contributed by atoms with Crippen molar-refractivity contribution in [2.24, 2.45) is 5.10 Å². The highest BCUT2D eigenvalue weighted by Gasteiger charge is 2.30. The summed E-state index contributed by atoms with van der Waals surface area (Å²) in [5, 5.41) is 7.22. The molecule has 0 aliphatic carbocycles. The Morgan fingerprint density at radius 1 is 0.735 bits per heavy atom. The smallest absolute Gasteiger partial charge is 0.119 e. The molecule has 34 heavy (non-hydrogen) atoms. The SMILES string of the molecule is COCCOc1cccc(C2CC(c3ccc(-c4ccccc4)cc3)=NN2c2ccccc2)c1. The lowest BCUT2D eigenvalue weighted by Gasteiger charge is -2.24. The maximum absolute atomic E-state index is 5.87. The zero-order valence-electron chi connectivity index (χ0n) is 19.3. The third-order valence-corrected chi connectivity index (χ3v) is 6.06. The number of rotatable bonds is 8. The molecule has 0 saturated carbocycles. The van der Waals surface area contributed by atoms with E-state index in [0.29, 0.717) is 13.2 Å². The summed E-state index contributed by atoms with van der Waals surface area (Å²) < 4.78 is 11.0. The molecule has 1 aliphatic rings. The minimum absolute atomic E-state index is 0.0946. The van der Waals surface area contributed by atoms with Crippen LogP contribution in [0.25, 0.3) is 11.1 Å². The monoisotopic (exact) mass is 448 g/mol. The van der Waals surface area contributed by atoms with Crippen LogP contribution in [0.4, 0.5) is 5.69 Å². The lowest BCUT2D eigenvalue weighted by atomic mass is 9.96. The first-order chi connectivity index (χ1) is 16.8. The van der Waals surface area contributed by atoms with Gasteiger partial charge in [0.2, 0.25) is 0 Å². The fourth-order valence-electron chi connectivity index (χ4n) is 4.30. The van der Waals surface area contributed by atoms with Crippen molar-refractivity contribution in [3.63, 3.8) is 0 Å². The van der Waals surface area contributed by atoms with E-state index in [1.165, 1.54) is 16.7 Å². The first kappa shape index (κ1) is 21.9. The molecule has 0 N–H and O–H groups in total. The maximum Gasteiger partial charge on any atom is 0.119 e. The summed E-state index contributed by atoms with van der Waals surface area (Å²) in [5.41, 5.74) is 6.92. The highest BCUT2D eigenvalue weighted by atomic mass is 16.5. The fraction of sp³-hybridized carbons (Fsp3) is 0.167. The van der Waals surface area contributed by atoms with E-state index in [1.54, 1.807) is 7.11 Å². The summed E-state index contributed by atoms with van der Waals surface area (Å²) in [6, 6.07) is 37.9. The molecule has 0 bridgehead atoms. The van der Waals surface area contributed by atoms with Gasteiger partial charge in [0.25, 0.3) is 0 Å². The van der Waals surface area contributed by atoms with Crippen molar-refractivity contribution in [3.8, 4) is 16.9 Å². The van der Waals surface area contributed by atoms with Crippen LogP contribution in [0.5, 0.6) is 5.75 Å². The minimum atomic E-state index is 0.0946. The van der Waals surface area contributed by atoms with E-state index >= 15 is 0 Å². The fourth-order valence-corrected chi connectivity index (χ4v) is 4.30. The van der Waals surface area contributed by atoms with Gasteiger partial charge in [-0.15, -0.1) is 0 Å². The van der Waals surface area contributed by atoms with Gasteiger partial charge in [0.05, 0.1) is 24.0 Å². The van der Waals surface area contributed by atoms with Gasteiger partial charge in [0, 0.05) is 13.5 Å². The molecule has 4 aromatic carbocycles. The number of anilines is 1. The Kier molecular flexibility index (Phi) is 6.68. The van der Waals surface area contributed by atoms with Gasteiger partial charge in [-0.25, -0.2) is 0 Å². The standard InChI is InChI=1S/C30H28N2O2/c1-33-19-20-34-28-14-8-11-26(21-28)30-22-29(31-32(30)27-12-6-3-7-13-27)25-17-15-24(16-18-25)23-9-4-2-5-10-23/h2-18,21,30H,19-20,22H2,1H3. The number of ether oxygens (including phenoxy) is 2. The van der Waals surface area contributed by atoms with Crippen LogP contribution >= 0.6 is 0 Å². The van der Waals surface area contributed by atoms with Gasteiger partial charge in [0.1, 0.15) is 12.4 Å². The number of hydrazone groups is 1. The molecule has 0 spiro atoms. The first-order valence-corrected chi connectivity index (χ1v) is 11.6. The molecular formula is C30H28N2O2. The minimum Gasteiger partial charge on any atom is -0.491 e. The van der Waals surface area contributed by atoms with E-state index in [4.69, 9.17) is 14.6 Å². The number of para-hydroxylation sites is 1. The van der Waals surface area contributed by atoms with Crippen molar-refractivity contribution in [1.82, 2.24) is 0 Å². The van der Waals surface area contributed by atoms with Crippen molar-refractivity contribution >= 4 is 11.4 Å². The second-order valence-electron chi connectivity index (χ2n) is 8.30. The largest absolute Gasteiger partial charge is 0.491 e. The normalized spacial score (nSPS) is 15.3. The molecule has 4 aromatic rings. The van der Waals surface area contributed by atoms with Gasteiger partial charge in [-0.3, -0.25) is 5.01 Å². The van der Waals surface area contributed by atoms with E-state index in [2.05, 4.69) is 89.9 Å². The highest BCUT2D eigenvalue weighted by Crippen LogP contribution is 2.37. The number of nitrogens with zero attached hydrogens (tertiary/aromatic N) is 2. The van der Waals surface area contributed by atoms with Gasteiger partial charge in [0.15, 0.2) is 0 Å². The number of hydrogen-bond acceptors (Lipinski definition) is 4. The van der Waals surface area contributed by atoms with Gasteiger partial charge in [-0.1, -0.05) is 84.9 Å². The van der Waals surface area contributed by atoms with Crippen molar-refractivity contribution in [1.29, 1.82) is 0 Å². The highest BCUT2D eigenvalue weighted by molar-refractivity contribution is 6.03. The molecule has 1 aliphatic heterocycles. The summed E-state index contributed by atoms with van der Waals surface area (Å²) in [6.07, 6.45) is 0.821. The molecule has 4 heteroatoms.